The molecule has 0 bridgehead atoms. The highest BCUT2D eigenvalue weighted by molar-refractivity contribution is 5.80. The lowest BCUT2D eigenvalue weighted by atomic mass is 10.1. The predicted octanol–water partition coefficient (Wildman–Crippen LogP) is 0.935. The largest absolute Gasteiger partial charge is 0.508 e. The van der Waals surface area contributed by atoms with Crippen molar-refractivity contribution in [1.29, 1.82) is 0 Å². The van der Waals surface area contributed by atoms with Crippen molar-refractivity contribution < 1.29 is 20.1 Å². The van der Waals surface area contributed by atoms with Crippen molar-refractivity contribution in [3.8, 4) is 17.2 Å². The number of Topliss-reactive ketones (excluding diaryl/α,β-unsaturated/α-hetero) is 1. The molecule has 0 atom stereocenters. The van der Waals surface area contributed by atoms with Gasteiger partial charge in [0.05, 0.1) is 0 Å². The molecular weight excluding hydrogens is 172 g/mol. The molecule has 0 aliphatic rings. The van der Waals surface area contributed by atoms with Gasteiger partial charge in [0.25, 0.3) is 0 Å². The molecule has 0 saturated heterocycles. The molecule has 0 saturated carbocycles. The van der Waals surface area contributed by atoms with Gasteiger partial charge in [-0.15, -0.1) is 0 Å². The van der Waals surface area contributed by atoms with E-state index in [0.717, 1.165) is 6.07 Å². The molecule has 4 heteroatoms. The van der Waals surface area contributed by atoms with Crippen molar-refractivity contribution in [1.82, 2.24) is 0 Å². The Bertz CT molecular complexity index is 344. The fourth-order valence-electron chi connectivity index (χ4n) is 1.04. The second-order valence-corrected chi connectivity index (χ2v) is 2.81. The van der Waals surface area contributed by atoms with Crippen molar-refractivity contribution in [3.05, 3.63) is 17.7 Å². The summed E-state index contributed by atoms with van der Waals surface area (Å²) in [5.41, 5.74) is 0.0625. The first-order valence-corrected chi connectivity index (χ1v) is 3.74. The first kappa shape index (κ1) is 9.38. The zero-order valence-corrected chi connectivity index (χ0v) is 7.11. The van der Waals surface area contributed by atoms with Gasteiger partial charge < -0.3 is 15.3 Å². The van der Waals surface area contributed by atoms with Gasteiger partial charge in [-0.1, -0.05) is 0 Å². The molecule has 70 valence electrons. The lowest BCUT2D eigenvalue weighted by Crippen LogP contribution is -1.97. The van der Waals surface area contributed by atoms with Crippen LogP contribution in [0.1, 0.15) is 12.5 Å². The van der Waals surface area contributed by atoms with Gasteiger partial charge in [-0.05, 0) is 19.1 Å². The highest BCUT2D eigenvalue weighted by Gasteiger charge is 2.12. The van der Waals surface area contributed by atoms with Crippen molar-refractivity contribution >= 4 is 5.78 Å². The average Bonchev–Trinajstić information content (AvgIpc) is 2.05. The van der Waals surface area contributed by atoms with E-state index in [-0.39, 0.29) is 29.3 Å². The summed E-state index contributed by atoms with van der Waals surface area (Å²) in [5.74, 6) is -1.16. The monoisotopic (exact) mass is 182 g/mol. The number of hydrogen-bond donors (Lipinski definition) is 3. The molecule has 0 spiro atoms. The Labute approximate surface area is 75.1 Å². The normalized spacial score (nSPS) is 9.92. The molecule has 0 aromatic heterocycles. The van der Waals surface area contributed by atoms with Crippen LogP contribution in [-0.2, 0) is 11.2 Å². The Morgan fingerprint density at radius 1 is 1.23 bits per heavy atom. The number of ketones is 1. The Morgan fingerprint density at radius 2 is 1.77 bits per heavy atom. The van der Waals surface area contributed by atoms with Crippen molar-refractivity contribution in [2.24, 2.45) is 0 Å². The molecule has 13 heavy (non-hydrogen) atoms. The van der Waals surface area contributed by atoms with Crippen LogP contribution in [0.5, 0.6) is 17.2 Å². The fraction of sp³-hybridized carbons (Fsp3) is 0.222. The molecular formula is C9H10O4. The van der Waals surface area contributed by atoms with Gasteiger partial charge in [-0.3, -0.25) is 4.79 Å². The highest BCUT2D eigenvalue weighted by Crippen LogP contribution is 2.35. The molecule has 3 N–H and O–H groups in total. The lowest BCUT2D eigenvalue weighted by molar-refractivity contribution is -0.116. The number of aromatic hydroxyl groups is 3. The van der Waals surface area contributed by atoms with E-state index >= 15 is 0 Å². The molecule has 4 nitrogen and oxygen atoms in total. The first-order chi connectivity index (χ1) is 6.02. The predicted molar refractivity (Wildman–Crippen MR) is 45.8 cm³/mol. The number of rotatable bonds is 2. The third-order valence-electron chi connectivity index (χ3n) is 1.66. The Balaban J connectivity index is 3.17. The Morgan fingerprint density at radius 3 is 2.31 bits per heavy atom. The van der Waals surface area contributed by atoms with Gasteiger partial charge in [-0.2, -0.15) is 0 Å². The summed E-state index contributed by atoms with van der Waals surface area (Å²) in [6.07, 6.45) is -0.0912. The summed E-state index contributed by atoms with van der Waals surface area (Å²) in [4.78, 5) is 10.7. The van der Waals surface area contributed by atoms with Crippen molar-refractivity contribution in [2.75, 3.05) is 0 Å². The smallest absolute Gasteiger partial charge is 0.164 e. The van der Waals surface area contributed by atoms with Gasteiger partial charge in [0.2, 0.25) is 0 Å². The van der Waals surface area contributed by atoms with Gasteiger partial charge in [0.15, 0.2) is 11.5 Å². The standard InChI is InChI=1S/C9H10O4/c1-5(10)4-6-7(11)2-3-8(12)9(6)13/h2-3,11-13H,4H2,1H3. The molecule has 1 rings (SSSR count). The van der Waals surface area contributed by atoms with E-state index in [9.17, 15) is 15.0 Å². The van der Waals surface area contributed by atoms with Crippen molar-refractivity contribution in [3.63, 3.8) is 0 Å². The number of phenolic OH excluding ortho intramolecular Hbond substituents is 3. The van der Waals surface area contributed by atoms with E-state index < -0.39 is 5.75 Å². The van der Waals surface area contributed by atoms with E-state index in [1.54, 1.807) is 0 Å². The molecule has 0 unspecified atom stereocenters. The maximum atomic E-state index is 10.7. The SMILES string of the molecule is CC(=O)Cc1c(O)ccc(O)c1O. The van der Waals surface area contributed by atoms with Crippen LogP contribution in [0.3, 0.4) is 0 Å². The number of carbonyl (C=O) groups is 1. The Hall–Kier alpha value is -1.71. The summed E-state index contributed by atoms with van der Waals surface area (Å²) >= 11 is 0. The zero-order valence-electron chi connectivity index (χ0n) is 7.11. The molecule has 0 amide bonds. The highest BCUT2D eigenvalue weighted by atomic mass is 16.3. The maximum absolute atomic E-state index is 10.7. The number of phenols is 3. The van der Waals surface area contributed by atoms with E-state index in [1.165, 1.54) is 13.0 Å². The minimum atomic E-state index is -0.435. The van der Waals surface area contributed by atoms with Crippen LogP contribution in [0.25, 0.3) is 0 Å². The molecule has 0 aliphatic carbocycles. The summed E-state index contributed by atoms with van der Waals surface area (Å²) < 4.78 is 0. The van der Waals surface area contributed by atoms with Gasteiger partial charge in [0.1, 0.15) is 11.5 Å². The van der Waals surface area contributed by atoms with Gasteiger partial charge in [0, 0.05) is 12.0 Å². The third-order valence-corrected chi connectivity index (χ3v) is 1.66. The van der Waals surface area contributed by atoms with E-state index in [4.69, 9.17) is 5.11 Å². The van der Waals surface area contributed by atoms with Crippen LogP contribution in [0.2, 0.25) is 0 Å². The van der Waals surface area contributed by atoms with Crippen molar-refractivity contribution in [2.45, 2.75) is 13.3 Å². The van der Waals surface area contributed by atoms with Gasteiger partial charge >= 0.3 is 0 Å². The zero-order chi connectivity index (χ0) is 10.0. The Kier molecular flexibility index (Phi) is 2.41. The topological polar surface area (TPSA) is 77.8 Å². The summed E-state index contributed by atoms with van der Waals surface area (Å²) in [7, 11) is 0. The maximum Gasteiger partial charge on any atom is 0.164 e. The summed E-state index contributed by atoms with van der Waals surface area (Å²) in [6.45, 7) is 1.34. The quantitative estimate of drug-likeness (QED) is 0.469. The van der Waals surface area contributed by atoms with E-state index in [2.05, 4.69) is 0 Å². The molecule has 0 radical (unpaired) electrons. The summed E-state index contributed by atoms with van der Waals surface area (Å²) in [6, 6.07) is 2.39. The minimum Gasteiger partial charge on any atom is -0.508 e. The molecule has 0 heterocycles. The second-order valence-electron chi connectivity index (χ2n) is 2.81. The third kappa shape index (κ3) is 1.90. The second kappa shape index (κ2) is 3.35. The summed E-state index contributed by atoms with van der Waals surface area (Å²) in [5, 5.41) is 27.6. The van der Waals surface area contributed by atoms with Crippen LogP contribution in [0.4, 0.5) is 0 Å². The average molecular weight is 182 g/mol. The minimum absolute atomic E-state index is 0.0625. The van der Waals surface area contributed by atoms with Crippen LogP contribution in [-0.4, -0.2) is 21.1 Å². The molecule has 1 aromatic carbocycles. The van der Waals surface area contributed by atoms with Crippen LogP contribution in [0, 0.1) is 0 Å². The van der Waals surface area contributed by atoms with E-state index in [0.29, 0.717) is 0 Å². The molecule has 1 aromatic rings. The number of benzene rings is 1. The fourth-order valence-corrected chi connectivity index (χ4v) is 1.04. The van der Waals surface area contributed by atoms with Gasteiger partial charge in [-0.25, -0.2) is 0 Å². The van der Waals surface area contributed by atoms with Crippen LogP contribution < -0.4 is 0 Å². The number of carbonyl (C=O) groups excluding carboxylic acids is 1. The lowest BCUT2D eigenvalue weighted by Gasteiger charge is -2.06. The molecule has 0 fully saturated rings. The van der Waals surface area contributed by atoms with Crippen LogP contribution >= 0.6 is 0 Å². The molecule has 0 aliphatic heterocycles. The first-order valence-electron chi connectivity index (χ1n) is 3.74. The van der Waals surface area contributed by atoms with E-state index in [1.807, 2.05) is 0 Å². The number of hydrogen-bond acceptors (Lipinski definition) is 4. The van der Waals surface area contributed by atoms with Crippen LogP contribution in [0.15, 0.2) is 12.1 Å².